The number of aryl methyl sites for hydroxylation is 1. The van der Waals surface area contributed by atoms with Crippen molar-refractivity contribution < 1.29 is 22.7 Å². The molecule has 0 atom stereocenters. The molecule has 1 N–H and O–H groups in total. The van der Waals surface area contributed by atoms with Crippen molar-refractivity contribution in [1.82, 2.24) is 19.2 Å². The number of aliphatic hydroxyl groups excluding tert-OH is 1. The second-order valence-corrected chi connectivity index (χ2v) is 10.2. The fourth-order valence-corrected chi connectivity index (χ4v) is 5.90. The molecule has 194 valence electrons. The van der Waals surface area contributed by atoms with Gasteiger partial charge < -0.3 is 10.0 Å². The minimum absolute atomic E-state index is 0.134. The summed E-state index contributed by atoms with van der Waals surface area (Å²) in [6.07, 6.45) is 0.868. The summed E-state index contributed by atoms with van der Waals surface area (Å²) in [6, 6.07) is 6.74. The van der Waals surface area contributed by atoms with Crippen LogP contribution < -0.4 is 10.5 Å². The van der Waals surface area contributed by atoms with Crippen molar-refractivity contribution in [3.8, 4) is 11.3 Å². The molecule has 7 nitrogen and oxygen atoms in total. The Balaban J connectivity index is 1.49. The molecular formula is C26H25F4N5O2. The molecule has 0 unspecified atom stereocenters. The third-order valence-electron chi connectivity index (χ3n) is 8.17. The first-order valence-corrected chi connectivity index (χ1v) is 12.3. The molecule has 1 aliphatic heterocycles. The Morgan fingerprint density at radius 1 is 1.14 bits per heavy atom. The van der Waals surface area contributed by atoms with E-state index < -0.39 is 23.2 Å². The lowest BCUT2D eigenvalue weighted by Crippen LogP contribution is -2.62. The van der Waals surface area contributed by atoms with Crippen LogP contribution in [0, 0.1) is 11.7 Å². The Morgan fingerprint density at radius 2 is 1.89 bits per heavy atom. The summed E-state index contributed by atoms with van der Waals surface area (Å²) in [5.41, 5.74) is -0.0408. The van der Waals surface area contributed by atoms with Gasteiger partial charge in [0.2, 0.25) is 0 Å². The molecule has 1 spiro atoms. The molecule has 2 fully saturated rings. The van der Waals surface area contributed by atoms with Crippen LogP contribution in [-0.2, 0) is 13.2 Å². The largest absolute Gasteiger partial charge is 0.433 e. The van der Waals surface area contributed by atoms with E-state index in [9.17, 15) is 23.1 Å². The van der Waals surface area contributed by atoms with Crippen LogP contribution in [0.3, 0.4) is 0 Å². The van der Waals surface area contributed by atoms with E-state index in [1.807, 2.05) is 0 Å². The summed E-state index contributed by atoms with van der Waals surface area (Å²) >= 11 is 0. The first-order valence-electron chi connectivity index (χ1n) is 12.3. The molecule has 0 radical (unpaired) electrons. The number of halogens is 4. The number of hydrogen-bond acceptors (Lipinski definition) is 5. The molecule has 2 aliphatic rings. The summed E-state index contributed by atoms with van der Waals surface area (Å²) in [5.74, 6) is -0.227. The first kappa shape index (κ1) is 23.9. The quantitative estimate of drug-likeness (QED) is 0.406. The second-order valence-electron chi connectivity index (χ2n) is 10.2. The Kier molecular flexibility index (Phi) is 5.34. The lowest BCUT2D eigenvalue weighted by molar-refractivity contribution is -0.141. The van der Waals surface area contributed by atoms with Gasteiger partial charge in [0.25, 0.3) is 5.56 Å². The van der Waals surface area contributed by atoms with E-state index in [-0.39, 0.29) is 34.7 Å². The van der Waals surface area contributed by atoms with Crippen LogP contribution in [0.5, 0.6) is 0 Å². The molecule has 4 heterocycles. The Bertz CT molecular complexity index is 1580. The molecule has 1 saturated carbocycles. The number of hydrogen-bond donors (Lipinski definition) is 1. The highest BCUT2D eigenvalue weighted by atomic mass is 19.4. The number of nitrogens with zero attached hydrogens (tertiary/aromatic N) is 5. The van der Waals surface area contributed by atoms with Crippen molar-refractivity contribution >= 4 is 22.2 Å². The van der Waals surface area contributed by atoms with Crippen LogP contribution >= 0.6 is 0 Å². The average Bonchev–Trinajstić information content (AvgIpc) is 3.33. The van der Waals surface area contributed by atoms with Gasteiger partial charge in [-0.05, 0) is 62.3 Å². The molecule has 11 heteroatoms. The summed E-state index contributed by atoms with van der Waals surface area (Å²) in [5, 5.41) is 14.2. The van der Waals surface area contributed by atoms with E-state index in [1.165, 1.54) is 28.3 Å². The molecule has 0 bridgehead atoms. The Hall–Kier alpha value is -3.47. The number of anilines is 1. The molecule has 4 aromatic rings. The van der Waals surface area contributed by atoms with Gasteiger partial charge in [0, 0.05) is 43.6 Å². The maximum absolute atomic E-state index is 15.4. The van der Waals surface area contributed by atoms with Gasteiger partial charge in [0.15, 0.2) is 0 Å². The van der Waals surface area contributed by atoms with Crippen molar-refractivity contribution in [2.24, 2.45) is 13.0 Å². The fourth-order valence-electron chi connectivity index (χ4n) is 5.90. The average molecular weight is 516 g/mol. The number of aliphatic hydroxyl groups is 1. The number of aromatic nitrogens is 4. The zero-order valence-electron chi connectivity index (χ0n) is 20.1. The van der Waals surface area contributed by atoms with E-state index in [0.717, 1.165) is 44.4 Å². The van der Waals surface area contributed by atoms with Crippen LogP contribution in [0.25, 0.3) is 27.8 Å². The van der Waals surface area contributed by atoms with E-state index in [4.69, 9.17) is 0 Å². The smallest absolute Gasteiger partial charge is 0.396 e. The van der Waals surface area contributed by atoms with E-state index in [1.54, 1.807) is 12.1 Å². The second kappa shape index (κ2) is 8.27. The van der Waals surface area contributed by atoms with Gasteiger partial charge in [0.1, 0.15) is 17.2 Å². The van der Waals surface area contributed by atoms with Crippen LogP contribution in [0.15, 0.2) is 41.3 Å². The van der Waals surface area contributed by atoms with Crippen molar-refractivity contribution in [1.29, 1.82) is 0 Å². The molecule has 3 aromatic heterocycles. The molecule has 37 heavy (non-hydrogen) atoms. The molecular weight excluding hydrogens is 490 g/mol. The Labute approximate surface area is 209 Å². The predicted molar refractivity (Wildman–Crippen MR) is 130 cm³/mol. The first-order chi connectivity index (χ1) is 17.6. The molecule has 1 aliphatic carbocycles. The number of pyridine rings is 1. The third kappa shape index (κ3) is 3.70. The van der Waals surface area contributed by atoms with Gasteiger partial charge in [-0.2, -0.15) is 18.3 Å². The van der Waals surface area contributed by atoms with E-state index >= 15 is 4.39 Å². The highest BCUT2D eigenvalue weighted by Gasteiger charge is 2.47. The molecule has 6 rings (SSSR count). The molecule has 1 saturated heterocycles. The number of fused-ring (bicyclic) bond motifs is 3. The van der Waals surface area contributed by atoms with E-state index in [2.05, 4.69) is 15.0 Å². The van der Waals surface area contributed by atoms with Crippen molar-refractivity contribution in [2.45, 2.75) is 43.8 Å². The SMILES string of the molecule is Cn1c(=O)c2cc(F)c(N3CCC34CCC(CO)CC4)cc2n2nc(-c3ccnc(C(F)(F)F)c3)cc12. The fraction of sp³-hybridized carbons (Fsp3) is 0.423. The maximum Gasteiger partial charge on any atom is 0.433 e. The van der Waals surface area contributed by atoms with Crippen LogP contribution in [0.1, 0.15) is 37.8 Å². The summed E-state index contributed by atoms with van der Waals surface area (Å²) in [6.45, 7) is 0.840. The van der Waals surface area contributed by atoms with Crippen LogP contribution in [0.4, 0.5) is 23.2 Å². The van der Waals surface area contributed by atoms with Crippen molar-refractivity contribution in [2.75, 3.05) is 18.1 Å². The van der Waals surface area contributed by atoms with Crippen molar-refractivity contribution in [3.05, 3.63) is 58.4 Å². The van der Waals surface area contributed by atoms with Gasteiger partial charge in [-0.1, -0.05) is 0 Å². The monoisotopic (exact) mass is 515 g/mol. The van der Waals surface area contributed by atoms with Gasteiger partial charge in [0.05, 0.1) is 22.3 Å². The Morgan fingerprint density at radius 3 is 2.54 bits per heavy atom. The van der Waals surface area contributed by atoms with Crippen LogP contribution in [0.2, 0.25) is 0 Å². The zero-order valence-corrected chi connectivity index (χ0v) is 20.1. The molecule has 1 aromatic carbocycles. The highest BCUT2D eigenvalue weighted by Crippen LogP contribution is 2.48. The standard InChI is InChI=1S/C26H25F4N5O2/c1-33-23-12-19(16-4-8-31-22(10-16)26(28,29)30)32-35(23)20-13-21(18(27)11-17(20)24(33)37)34-9-7-25(34)5-2-15(14-36)3-6-25/h4,8,10-13,15,36H,2-3,5-7,9,14H2,1H3. The normalized spacial score (nSPS) is 22.2. The van der Waals surface area contributed by atoms with Gasteiger partial charge in [-0.15, -0.1) is 0 Å². The lowest BCUT2D eigenvalue weighted by atomic mass is 9.69. The topological polar surface area (TPSA) is 75.7 Å². The lowest BCUT2D eigenvalue weighted by Gasteiger charge is -2.57. The van der Waals surface area contributed by atoms with Gasteiger partial charge in [-0.25, -0.2) is 8.91 Å². The summed E-state index contributed by atoms with van der Waals surface area (Å²) in [7, 11) is 1.52. The van der Waals surface area contributed by atoms with Crippen molar-refractivity contribution in [3.63, 3.8) is 0 Å². The number of benzene rings is 1. The van der Waals surface area contributed by atoms with Crippen LogP contribution in [-0.4, -0.2) is 43.0 Å². The predicted octanol–water partition coefficient (Wildman–Crippen LogP) is 4.54. The number of rotatable bonds is 3. The van der Waals surface area contributed by atoms with E-state index in [0.29, 0.717) is 23.4 Å². The summed E-state index contributed by atoms with van der Waals surface area (Å²) in [4.78, 5) is 18.6. The minimum Gasteiger partial charge on any atom is -0.396 e. The molecule has 0 amide bonds. The zero-order chi connectivity index (χ0) is 26.1. The van der Waals surface area contributed by atoms with Gasteiger partial charge >= 0.3 is 6.18 Å². The highest BCUT2D eigenvalue weighted by molar-refractivity contribution is 5.85. The van der Waals surface area contributed by atoms with Gasteiger partial charge in [-0.3, -0.25) is 14.3 Å². The maximum atomic E-state index is 15.4. The number of alkyl halides is 3. The summed E-state index contributed by atoms with van der Waals surface area (Å²) < 4.78 is 57.9. The minimum atomic E-state index is -4.61. The third-order valence-corrected chi connectivity index (χ3v) is 8.17.